The van der Waals surface area contributed by atoms with Crippen LogP contribution in [0.3, 0.4) is 0 Å². The van der Waals surface area contributed by atoms with Crippen molar-refractivity contribution in [3.63, 3.8) is 0 Å². The van der Waals surface area contributed by atoms with Crippen molar-refractivity contribution in [1.29, 1.82) is 0 Å². The molecule has 2 heterocycles. The molecule has 7 nitrogen and oxygen atoms in total. The van der Waals surface area contributed by atoms with E-state index in [-0.39, 0.29) is 36.0 Å². The summed E-state index contributed by atoms with van der Waals surface area (Å²) in [6.07, 6.45) is 0.0403. The van der Waals surface area contributed by atoms with E-state index in [1.54, 1.807) is 11.0 Å². The van der Waals surface area contributed by atoms with E-state index in [0.717, 1.165) is 0 Å². The highest BCUT2D eigenvalue weighted by Crippen LogP contribution is 2.41. The SMILES string of the molecule is O=C(O)CCCC(=O)N=C1S[C@@H]2CS(=O)(=O)C[C@@H]2N1c1cccc(F)c1. The summed E-state index contributed by atoms with van der Waals surface area (Å²) >= 11 is 1.20. The molecule has 0 saturated carbocycles. The average molecular weight is 400 g/mol. The Kier molecular flexibility index (Phi) is 5.33. The monoisotopic (exact) mass is 400 g/mol. The number of carboxylic acid groups (broad SMARTS) is 1. The molecule has 0 spiro atoms. The molecule has 0 aromatic heterocycles. The number of carbonyl (C=O) groups is 2. The largest absolute Gasteiger partial charge is 0.481 e. The van der Waals surface area contributed by atoms with Crippen LogP contribution in [0.4, 0.5) is 10.1 Å². The van der Waals surface area contributed by atoms with Crippen LogP contribution in [0.5, 0.6) is 0 Å². The van der Waals surface area contributed by atoms with Crippen molar-refractivity contribution in [3.05, 3.63) is 30.1 Å². The zero-order valence-electron chi connectivity index (χ0n) is 13.7. The van der Waals surface area contributed by atoms with E-state index in [1.165, 1.54) is 30.0 Å². The molecule has 10 heteroatoms. The predicted molar refractivity (Wildman–Crippen MR) is 96.6 cm³/mol. The van der Waals surface area contributed by atoms with Gasteiger partial charge in [0, 0.05) is 23.8 Å². The van der Waals surface area contributed by atoms with Crippen molar-refractivity contribution in [2.75, 3.05) is 16.4 Å². The molecule has 1 N–H and O–H groups in total. The van der Waals surface area contributed by atoms with E-state index >= 15 is 0 Å². The lowest BCUT2D eigenvalue weighted by Gasteiger charge is -2.24. The highest BCUT2D eigenvalue weighted by Gasteiger charge is 2.49. The molecule has 2 aliphatic rings. The molecule has 0 aliphatic carbocycles. The van der Waals surface area contributed by atoms with Crippen LogP contribution in [-0.2, 0) is 19.4 Å². The molecule has 0 radical (unpaired) electrons. The number of carboxylic acids is 1. The van der Waals surface area contributed by atoms with Gasteiger partial charge in [-0.05, 0) is 24.6 Å². The predicted octanol–water partition coefficient (Wildman–Crippen LogP) is 1.68. The molecule has 140 valence electrons. The summed E-state index contributed by atoms with van der Waals surface area (Å²) < 4.78 is 37.5. The lowest BCUT2D eigenvalue weighted by Crippen LogP contribution is -2.37. The first kappa shape index (κ1) is 18.8. The van der Waals surface area contributed by atoms with Crippen molar-refractivity contribution in [2.24, 2.45) is 4.99 Å². The van der Waals surface area contributed by atoms with Gasteiger partial charge in [0.1, 0.15) is 5.82 Å². The smallest absolute Gasteiger partial charge is 0.303 e. The molecule has 3 rings (SSSR count). The second-order valence-corrected chi connectivity index (χ2v) is 9.55. The average Bonchev–Trinajstić information content (AvgIpc) is 2.97. The van der Waals surface area contributed by atoms with E-state index in [0.29, 0.717) is 10.9 Å². The first-order valence-corrected chi connectivity index (χ1v) is 10.7. The molecule has 2 fully saturated rings. The molecule has 1 amide bonds. The molecule has 26 heavy (non-hydrogen) atoms. The van der Waals surface area contributed by atoms with Gasteiger partial charge in [0.2, 0.25) is 5.91 Å². The van der Waals surface area contributed by atoms with Gasteiger partial charge in [0.25, 0.3) is 0 Å². The maximum absolute atomic E-state index is 13.6. The minimum atomic E-state index is -3.19. The Hall–Kier alpha value is -1.94. The minimum absolute atomic E-state index is 0.0129. The molecule has 1 aromatic carbocycles. The molecular formula is C16H17FN2O5S2. The number of benzene rings is 1. The summed E-state index contributed by atoms with van der Waals surface area (Å²) in [5.74, 6) is -2.02. The number of halogens is 1. The van der Waals surface area contributed by atoms with Crippen LogP contribution in [0, 0.1) is 5.82 Å². The Morgan fingerprint density at radius 2 is 2.08 bits per heavy atom. The summed E-state index contributed by atoms with van der Waals surface area (Å²) in [4.78, 5) is 28.3. The van der Waals surface area contributed by atoms with Gasteiger partial charge in [-0.3, -0.25) is 9.59 Å². The van der Waals surface area contributed by atoms with Crippen molar-refractivity contribution < 1.29 is 27.5 Å². The van der Waals surface area contributed by atoms with Crippen LogP contribution in [0.2, 0.25) is 0 Å². The van der Waals surface area contributed by atoms with Crippen LogP contribution in [-0.4, -0.2) is 53.4 Å². The third kappa shape index (κ3) is 4.24. The number of rotatable bonds is 5. The summed E-state index contributed by atoms with van der Waals surface area (Å²) in [7, 11) is -3.19. The fraction of sp³-hybridized carbons (Fsp3) is 0.438. The second-order valence-electron chi connectivity index (χ2n) is 6.19. The van der Waals surface area contributed by atoms with Crippen LogP contribution >= 0.6 is 11.8 Å². The first-order valence-electron chi connectivity index (χ1n) is 8.00. The number of hydrogen-bond donors (Lipinski definition) is 1. The minimum Gasteiger partial charge on any atom is -0.481 e. The normalized spacial score (nSPS) is 25.4. The van der Waals surface area contributed by atoms with E-state index in [1.807, 2.05) is 0 Å². The van der Waals surface area contributed by atoms with E-state index < -0.39 is 33.6 Å². The van der Waals surface area contributed by atoms with Crippen LogP contribution < -0.4 is 4.90 Å². The van der Waals surface area contributed by atoms with E-state index in [4.69, 9.17) is 5.11 Å². The Morgan fingerprint density at radius 3 is 2.77 bits per heavy atom. The summed E-state index contributed by atoms with van der Waals surface area (Å²) in [5, 5.41) is 8.70. The lowest BCUT2D eigenvalue weighted by atomic mass is 10.2. The summed E-state index contributed by atoms with van der Waals surface area (Å²) in [6.45, 7) is 0. The lowest BCUT2D eigenvalue weighted by molar-refractivity contribution is -0.137. The third-order valence-electron chi connectivity index (χ3n) is 4.15. The van der Waals surface area contributed by atoms with E-state index in [9.17, 15) is 22.4 Å². The van der Waals surface area contributed by atoms with Gasteiger partial charge >= 0.3 is 5.97 Å². The number of amidine groups is 1. The number of anilines is 1. The first-order chi connectivity index (χ1) is 12.2. The van der Waals surface area contributed by atoms with Crippen molar-refractivity contribution in [2.45, 2.75) is 30.6 Å². The van der Waals surface area contributed by atoms with Gasteiger partial charge < -0.3 is 10.0 Å². The van der Waals surface area contributed by atoms with Crippen molar-refractivity contribution in [1.82, 2.24) is 0 Å². The zero-order valence-corrected chi connectivity index (χ0v) is 15.3. The highest BCUT2D eigenvalue weighted by atomic mass is 32.2. The van der Waals surface area contributed by atoms with Gasteiger partial charge in [-0.1, -0.05) is 17.8 Å². The summed E-state index contributed by atoms with van der Waals surface area (Å²) in [6, 6.07) is 5.30. The van der Waals surface area contributed by atoms with E-state index in [2.05, 4.69) is 4.99 Å². The van der Waals surface area contributed by atoms with Crippen LogP contribution in [0.15, 0.2) is 29.3 Å². The molecule has 1 aromatic rings. The fourth-order valence-electron chi connectivity index (χ4n) is 3.05. The molecule has 0 unspecified atom stereocenters. The van der Waals surface area contributed by atoms with Crippen LogP contribution in [0.1, 0.15) is 19.3 Å². The Labute approximate surface area is 154 Å². The number of sulfone groups is 1. The topological polar surface area (TPSA) is 104 Å². The number of fused-ring (bicyclic) bond motifs is 1. The summed E-state index contributed by atoms with van der Waals surface area (Å²) in [5.41, 5.74) is 0.444. The Morgan fingerprint density at radius 1 is 1.31 bits per heavy atom. The highest BCUT2D eigenvalue weighted by molar-refractivity contribution is 8.16. The Bertz CT molecular complexity index is 871. The molecule has 2 aliphatic heterocycles. The Balaban J connectivity index is 1.85. The quantitative estimate of drug-likeness (QED) is 0.802. The van der Waals surface area contributed by atoms with Gasteiger partial charge in [0.15, 0.2) is 15.0 Å². The number of amides is 1. The zero-order chi connectivity index (χ0) is 18.9. The van der Waals surface area contributed by atoms with Crippen LogP contribution in [0.25, 0.3) is 0 Å². The molecule has 2 atom stereocenters. The van der Waals surface area contributed by atoms with Gasteiger partial charge in [0.05, 0.1) is 17.5 Å². The maximum atomic E-state index is 13.6. The van der Waals surface area contributed by atoms with Crippen molar-refractivity contribution in [3.8, 4) is 0 Å². The number of aliphatic carboxylic acids is 1. The number of carbonyl (C=O) groups excluding carboxylic acids is 1. The maximum Gasteiger partial charge on any atom is 0.303 e. The second kappa shape index (κ2) is 7.36. The number of thioether (sulfide) groups is 1. The molecule has 0 bridgehead atoms. The number of aliphatic imine (C=N–C) groups is 1. The fourth-order valence-corrected chi connectivity index (χ4v) is 6.98. The standard InChI is InChI=1S/C16H17FN2O5S2/c17-10-3-1-4-11(7-10)19-12-8-26(23,24)9-13(12)25-16(19)18-14(20)5-2-6-15(21)22/h1,3-4,7,12-13H,2,5-6,8-9H2,(H,21,22)/t12-,13+/m0/s1. The van der Waals surface area contributed by atoms with Gasteiger partial charge in [-0.25, -0.2) is 12.8 Å². The molecule has 2 saturated heterocycles. The van der Waals surface area contributed by atoms with Crippen molar-refractivity contribution >= 4 is 44.3 Å². The number of hydrogen-bond acceptors (Lipinski definition) is 5. The third-order valence-corrected chi connectivity index (χ3v) is 7.36. The van der Waals surface area contributed by atoms with Gasteiger partial charge in [-0.15, -0.1) is 0 Å². The number of nitrogens with zero attached hydrogens (tertiary/aromatic N) is 2. The van der Waals surface area contributed by atoms with Gasteiger partial charge in [-0.2, -0.15) is 4.99 Å². The molecular weight excluding hydrogens is 383 g/mol.